The molecule has 0 aliphatic carbocycles. The molecule has 0 saturated heterocycles. The van der Waals surface area contributed by atoms with Crippen molar-refractivity contribution >= 4 is 6.03 Å². The highest BCUT2D eigenvalue weighted by atomic mass is 16.5. The van der Waals surface area contributed by atoms with Crippen LogP contribution in [0.25, 0.3) is 0 Å². The first-order valence-electron chi connectivity index (χ1n) is 7.84. The molecule has 0 unspecified atom stereocenters. The number of rotatable bonds is 8. The van der Waals surface area contributed by atoms with Gasteiger partial charge in [0.1, 0.15) is 0 Å². The second-order valence-corrected chi connectivity index (χ2v) is 5.26. The maximum Gasteiger partial charge on any atom is 0.315 e. The SMILES string of the molecule is COc1ccc(CCCNC(=O)NCc2ccncc2)cc1OC. The lowest BCUT2D eigenvalue weighted by molar-refractivity contribution is 0.240. The summed E-state index contributed by atoms with van der Waals surface area (Å²) in [6, 6.07) is 9.43. The number of hydrogen-bond donors (Lipinski definition) is 2. The molecule has 6 nitrogen and oxygen atoms in total. The van der Waals surface area contributed by atoms with Crippen molar-refractivity contribution < 1.29 is 14.3 Å². The number of amides is 2. The second kappa shape index (κ2) is 9.39. The lowest BCUT2D eigenvalue weighted by Gasteiger charge is -2.10. The van der Waals surface area contributed by atoms with Crippen LogP contribution in [-0.2, 0) is 13.0 Å². The van der Waals surface area contributed by atoms with Gasteiger partial charge in [-0.25, -0.2) is 4.79 Å². The lowest BCUT2D eigenvalue weighted by Crippen LogP contribution is -2.35. The maximum absolute atomic E-state index is 11.7. The molecule has 0 saturated carbocycles. The first-order valence-corrected chi connectivity index (χ1v) is 7.84. The van der Waals surface area contributed by atoms with Gasteiger partial charge >= 0.3 is 6.03 Å². The summed E-state index contributed by atoms with van der Waals surface area (Å²) in [5, 5.41) is 5.67. The number of hydrogen-bond acceptors (Lipinski definition) is 4. The number of nitrogens with one attached hydrogen (secondary N) is 2. The minimum absolute atomic E-state index is 0.167. The van der Waals surface area contributed by atoms with E-state index < -0.39 is 0 Å². The van der Waals surface area contributed by atoms with Gasteiger partial charge in [-0.05, 0) is 48.2 Å². The molecule has 24 heavy (non-hydrogen) atoms. The van der Waals surface area contributed by atoms with E-state index in [0.717, 1.165) is 35.5 Å². The van der Waals surface area contributed by atoms with Gasteiger partial charge in [-0.3, -0.25) is 4.98 Å². The molecule has 0 aliphatic rings. The number of ether oxygens (including phenoxy) is 2. The van der Waals surface area contributed by atoms with E-state index in [1.54, 1.807) is 26.6 Å². The number of carbonyl (C=O) groups is 1. The molecule has 1 heterocycles. The van der Waals surface area contributed by atoms with Crippen molar-refractivity contribution in [3.63, 3.8) is 0 Å². The summed E-state index contributed by atoms with van der Waals surface area (Å²) in [4.78, 5) is 15.7. The van der Waals surface area contributed by atoms with Crippen molar-refractivity contribution in [3.8, 4) is 11.5 Å². The topological polar surface area (TPSA) is 72.5 Å². The number of aryl methyl sites for hydroxylation is 1. The molecular formula is C18H23N3O3. The van der Waals surface area contributed by atoms with E-state index in [1.807, 2.05) is 30.3 Å². The molecule has 2 rings (SSSR count). The van der Waals surface area contributed by atoms with Crippen molar-refractivity contribution in [2.24, 2.45) is 0 Å². The highest BCUT2D eigenvalue weighted by Crippen LogP contribution is 2.27. The van der Waals surface area contributed by atoms with Crippen LogP contribution in [0.4, 0.5) is 4.79 Å². The molecule has 6 heteroatoms. The molecule has 0 aliphatic heterocycles. The zero-order valence-corrected chi connectivity index (χ0v) is 14.0. The molecule has 1 aromatic heterocycles. The molecule has 2 aromatic rings. The maximum atomic E-state index is 11.7. The largest absolute Gasteiger partial charge is 0.493 e. The molecule has 1 aromatic carbocycles. The van der Waals surface area contributed by atoms with E-state index in [0.29, 0.717) is 13.1 Å². The minimum atomic E-state index is -0.167. The van der Waals surface area contributed by atoms with Gasteiger partial charge in [0.2, 0.25) is 0 Å². The van der Waals surface area contributed by atoms with E-state index in [4.69, 9.17) is 9.47 Å². The fourth-order valence-corrected chi connectivity index (χ4v) is 2.28. The molecule has 0 bridgehead atoms. The van der Waals surface area contributed by atoms with Crippen LogP contribution >= 0.6 is 0 Å². The van der Waals surface area contributed by atoms with E-state index in [1.165, 1.54) is 0 Å². The summed E-state index contributed by atoms with van der Waals surface area (Å²) in [7, 11) is 3.24. The summed E-state index contributed by atoms with van der Waals surface area (Å²) < 4.78 is 10.5. The van der Waals surface area contributed by atoms with Crippen LogP contribution in [0.2, 0.25) is 0 Å². The van der Waals surface area contributed by atoms with Crippen LogP contribution in [0.1, 0.15) is 17.5 Å². The average molecular weight is 329 g/mol. The van der Waals surface area contributed by atoms with Crippen LogP contribution in [0.15, 0.2) is 42.7 Å². The number of urea groups is 1. The highest BCUT2D eigenvalue weighted by Gasteiger charge is 2.05. The summed E-state index contributed by atoms with van der Waals surface area (Å²) >= 11 is 0. The van der Waals surface area contributed by atoms with Crippen LogP contribution in [0, 0.1) is 0 Å². The van der Waals surface area contributed by atoms with Gasteiger partial charge < -0.3 is 20.1 Å². The number of nitrogens with zero attached hydrogens (tertiary/aromatic N) is 1. The van der Waals surface area contributed by atoms with Gasteiger partial charge in [0.15, 0.2) is 11.5 Å². The quantitative estimate of drug-likeness (QED) is 0.730. The van der Waals surface area contributed by atoms with Gasteiger partial charge in [0.05, 0.1) is 14.2 Å². The Morgan fingerprint density at radius 3 is 2.46 bits per heavy atom. The number of carbonyl (C=O) groups excluding carboxylic acids is 1. The lowest BCUT2D eigenvalue weighted by atomic mass is 10.1. The van der Waals surface area contributed by atoms with Crippen molar-refractivity contribution in [3.05, 3.63) is 53.9 Å². The Balaban J connectivity index is 1.68. The van der Waals surface area contributed by atoms with Crippen molar-refractivity contribution in [2.75, 3.05) is 20.8 Å². The molecule has 0 spiro atoms. The Bertz CT molecular complexity index is 647. The van der Waals surface area contributed by atoms with E-state index >= 15 is 0 Å². The van der Waals surface area contributed by atoms with Crippen LogP contribution in [-0.4, -0.2) is 31.8 Å². The second-order valence-electron chi connectivity index (χ2n) is 5.26. The van der Waals surface area contributed by atoms with E-state index in [-0.39, 0.29) is 6.03 Å². The van der Waals surface area contributed by atoms with Crippen LogP contribution < -0.4 is 20.1 Å². The highest BCUT2D eigenvalue weighted by molar-refractivity contribution is 5.73. The van der Waals surface area contributed by atoms with Crippen LogP contribution in [0.3, 0.4) is 0 Å². The Hall–Kier alpha value is -2.76. The van der Waals surface area contributed by atoms with Gasteiger partial charge in [0, 0.05) is 25.5 Å². The Labute approximate surface area is 142 Å². The molecular weight excluding hydrogens is 306 g/mol. The fourth-order valence-electron chi connectivity index (χ4n) is 2.28. The third kappa shape index (κ3) is 5.46. The molecule has 0 fully saturated rings. The van der Waals surface area contributed by atoms with Crippen molar-refractivity contribution in [2.45, 2.75) is 19.4 Å². The van der Waals surface area contributed by atoms with E-state index in [2.05, 4.69) is 15.6 Å². The van der Waals surface area contributed by atoms with Crippen molar-refractivity contribution in [1.29, 1.82) is 0 Å². The Morgan fingerprint density at radius 2 is 1.75 bits per heavy atom. The monoisotopic (exact) mass is 329 g/mol. The molecule has 0 radical (unpaired) electrons. The number of aromatic nitrogens is 1. The smallest absolute Gasteiger partial charge is 0.315 e. The predicted molar refractivity (Wildman–Crippen MR) is 92.3 cm³/mol. The summed E-state index contributed by atoms with van der Waals surface area (Å²) in [6.07, 6.45) is 5.11. The van der Waals surface area contributed by atoms with Gasteiger partial charge in [0.25, 0.3) is 0 Å². The molecule has 2 amide bonds. The van der Waals surface area contributed by atoms with Crippen LogP contribution in [0.5, 0.6) is 11.5 Å². The molecule has 2 N–H and O–H groups in total. The summed E-state index contributed by atoms with van der Waals surface area (Å²) in [5.74, 6) is 1.44. The fraction of sp³-hybridized carbons (Fsp3) is 0.333. The molecule has 0 atom stereocenters. The van der Waals surface area contributed by atoms with Gasteiger partial charge in [-0.15, -0.1) is 0 Å². The predicted octanol–water partition coefficient (Wildman–Crippen LogP) is 2.53. The standard InChI is InChI=1S/C18H23N3O3/c1-23-16-6-5-14(12-17(16)24-2)4-3-9-20-18(22)21-13-15-7-10-19-11-8-15/h5-8,10-12H,3-4,9,13H2,1-2H3,(H2,20,21,22). The number of methoxy groups -OCH3 is 2. The van der Waals surface area contributed by atoms with Gasteiger partial charge in [-0.2, -0.15) is 0 Å². The summed E-state index contributed by atoms with van der Waals surface area (Å²) in [5.41, 5.74) is 2.16. The number of benzene rings is 1. The van der Waals surface area contributed by atoms with E-state index in [9.17, 15) is 4.79 Å². The zero-order chi connectivity index (χ0) is 17.2. The Kier molecular flexibility index (Phi) is 6.89. The normalized spacial score (nSPS) is 10.1. The third-order valence-corrected chi connectivity index (χ3v) is 3.58. The minimum Gasteiger partial charge on any atom is -0.493 e. The summed E-state index contributed by atoms with van der Waals surface area (Å²) in [6.45, 7) is 1.10. The first-order chi connectivity index (χ1) is 11.7. The number of pyridine rings is 1. The Morgan fingerprint density at radius 1 is 1.00 bits per heavy atom. The zero-order valence-electron chi connectivity index (χ0n) is 14.0. The third-order valence-electron chi connectivity index (χ3n) is 3.58. The van der Waals surface area contributed by atoms with Crippen molar-refractivity contribution in [1.82, 2.24) is 15.6 Å². The first kappa shape index (κ1) is 17.6. The molecule has 128 valence electrons. The van der Waals surface area contributed by atoms with Gasteiger partial charge in [-0.1, -0.05) is 6.07 Å². The average Bonchev–Trinajstić information content (AvgIpc) is 2.64.